The third-order valence-corrected chi connectivity index (χ3v) is 4.96. The molecule has 0 aliphatic carbocycles. The van der Waals surface area contributed by atoms with Crippen LogP contribution in [0, 0.1) is 6.92 Å². The van der Waals surface area contributed by atoms with Gasteiger partial charge in [0.25, 0.3) is 18.8 Å². The highest BCUT2D eigenvalue weighted by atomic mass is 19.4. The number of hydrogen-bond acceptors (Lipinski definition) is 4. The van der Waals surface area contributed by atoms with Gasteiger partial charge in [-0.15, -0.1) is 0 Å². The number of amides is 1. The van der Waals surface area contributed by atoms with E-state index in [1.165, 1.54) is 22.9 Å². The summed E-state index contributed by atoms with van der Waals surface area (Å²) >= 11 is 0. The van der Waals surface area contributed by atoms with E-state index in [0.717, 1.165) is 18.2 Å². The van der Waals surface area contributed by atoms with Crippen molar-refractivity contribution in [1.82, 2.24) is 24.4 Å². The summed E-state index contributed by atoms with van der Waals surface area (Å²) in [4.78, 5) is 16.1. The van der Waals surface area contributed by atoms with Crippen LogP contribution >= 0.6 is 0 Å². The van der Waals surface area contributed by atoms with Gasteiger partial charge >= 0.3 is 6.18 Å². The Labute approximate surface area is 192 Å². The number of rotatable bonds is 6. The van der Waals surface area contributed by atoms with Crippen LogP contribution in [0.3, 0.4) is 0 Å². The molecule has 0 saturated carbocycles. The minimum absolute atomic E-state index is 0.0158. The first kappa shape index (κ1) is 24.2. The van der Waals surface area contributed by atoms with Gasteiger partial charge in [0.1, 0.15) is 11.4 Å². The summed E-state index contributed by atoms with van der Waals surface area (Å²) in [6, 6.07) is 7.61. The summed E-state index contributed by atoms with van der Waals surface area (Å²) in [7, 11) is 0. The lowest BCUT2D eigenvalue weighted by Gasteiger charge is -2.09. The molecule has 14 heteroatoms. The molecule has 0 atom stereocenters. The Morgan fingerprint density at radius 2 is 1.77 bits per heavy atom. The third-order valence-electron chi connectivity index (χ3n) is 4.96. The lowest BCUT2D eigenvalue weighted by molar-refractivity contribution is -0.137. The van der Waals surface area contributed by atoms with Gasteiger partial charge in [-0.25, -0.2) is 27.1 Å². The molecule has 7 nitrogen and oxygen atoms in total. The molecule has 0 unspecified atom stereocenters. The van der Waals surface area contributed by atoms with Crippen molar-refractivity contribution in [1.29, 1.82) is 0 Å². The number of benzene rings is 1. The number of anilines is 1. The van der Waals surface area contributed by atoms with Gasteiger partial charge in [-0.2, -0.15) is 23.4 Å². The van der Waals surface area contributed by atoms with E-state index in [4.69, 9.17) is 0 Å². The van der Waals surface area contributed by atoms with E-state index in [1.807, 2.05) is 0 Å². The van der Waals surface area contributed by atoms with Gasteiger partial charge in [0.2, 0.25) is 0 Å². The maximum Gasteiger partial charge on any atom is 0.416 e. The lowest BCUT2D eigenvalue weighted by Crippen LogP contribution is -2.14. The first-order chi connectivity index (χ1) is 16.4. The standard InChI is InChI=1S/C21H15F7N6O/c1-10-5-16(32-33(10)9-11-3-2-4-12(6-11)21(26,27)28)30-20(35)14-8-17-29-13(18(22)23)7-15(19(24)25)34(17)31-14/h2-8,18-19H,9H2,1H3,(H,30,32,35). The number of carbonyl (C=O) groups excluding carboxylic acids is 1. The highest BCUT2D eigenvalue weighted by molar-refractivity contribution is 6.03. The van der Waals surface area contributed by atoms with Crippen LogP contribution in [0.5, 0.6) is 0 Å². The number of alkyl halides is 7. The van der Waals surface area contributed by atoms with Crippen LogP contribution in [-0.2, 0) is 12.7 Å². The highest BCUT2D eigenvalue weighted by Crippen LogP contribution is 2.30. The third kappa shape index (κ3) is 5.10. The first-order valence-electron chi connectivity index (χ1n) is 9.91. The van der Waals surface area contributed by atoms with Gasteiger partial charge in [-0.3, -0.25) is 9.48 Å². The molecule has 0 aliphatic rings. The maximum absolute atomic E-state index is 13.3. The fraction of sp³-hybridized carbons (Fsp3) is 0.238. The van der Waals surface area contributed by atoms with E-state index in [-0.39, 0.29) is 23.7 Å². The fourth-order valence-electron chi connectivity index (χ4n) is 3.33. The van der Waals surface area contributed by atoms with Crippen LogP contribution in [0.25, 0.3) is 5.65 Å². The van der Waals surface area contributed by atoms with Crippen molar-refractivity contribution < 1.29 is 35.5 Å². The summed E-state index contributed by atoms with van der Waals surface area (Å²) in [6.45, 7) is 1.60. The molecule has 0 bridgehead atoms. The van der Waals surface area contributed by atoms with Crippen LogP contribution in [0.4, 0.5) is 36.6 Å². The normalized spacial score (nSPS) is 12.2. The molecule has 4 aromatic rings. The molecule has 3 aromatic heterocycles. The van der Waals surface area contributed by atoms with Gasteiger partial charge in [0.05, 0.1) is 12.1 Å². The van der Waals surface area contributed by atoms with Crippen molar-refractivity contribution in [3.63, 3.8) is 0 Å². The first-order valence-corrected chi connectivity index (χ1v) is 9.91. The van der Waals surface area contributed by atoms with Crippen molar-refractivity contribution in [2.75, 3.05) is 5.32 Å². The molecule has 35 heavy (non-hydrogen) atoms. The topological polar surface area (TPSA) is 77.1 Å². The Kier molecular flexibility index (Phi) is 6.21. The molecule has 1 amide bonds. The van der Waals surface area contributed by atoms with Crippen molar-refractivity contribution >= 4 is 17.4 Å². The lowest BCUT2D eigenvalue weighted by atomic mass is 10.1. The van der Waals surface area contributed by atoms with Crippen molar-refractivity contribution in [2.45, 2.75) is 32.5 Å². The number of hydrogen-bond donors (Lipinski definition) is 1. The smallest absolute Gasteiger partial charge is 0.304 e. The Balaban J connectivity index is 1.56. The Morgan fingerprint density at radius 3 is 2.43 bits per heavy atom. The molecule has 1 aromatic carbocycles. The molecule has 4 rings (SSSR count). The quantitative estimate of drug-likeness (QED) is 0.359. The average Bonchev–Trinajstić information content (AvgIpc) is 3.35. The molecule has 1 N–H and O–H groups in total. The van der Waals surface area contributed by atoms with Crippen molar-refractivity contribution in [2.24, 2.45) is 0 Å². The monoisotopic (exact) mass is 500 g/mol. The van der Waals surface area contributed by atoms with Crippen LogP contribution in [-0.4, -0.2) is 30.3 Å². The zero-order valence-corrected chi connectivity index (χ0v) is 17.7. The number of nitrogens with one attached hydrogen (secondary N) is 1. The Bertz CT molecular complexity index is 1390. The van der Waals surface area contributed by atoms with E-state index < -0.39 is 41.9 Å². The van der Waals surface area contributed by atoms with Gasteiger partial charge < -0.3 is 5.32 Å². The van der Waals surface area contributed by atoms with E-state index in [0.29, 0.717) is 21.8 Å². The molecule has 0 spiro atoms. The molecule has 0 fully saturated rings. The van der Waals surface area contributed by atoms with Gasteiger partial charge in [-0.1, -0.05) is 12.1 Å². The summed E-state index contributed by atoms with van der Waals surface area (Å²) in [5, 5.41) is 10.3. The predicted molar refractivity (Wildman–Crippen MR) is 108 cm³/mol. The van der Waals surface area contributed by atoms with E-state index in [1.54, 1.807) is 6.92 Å². The number of nitrogens with zero attached hydrogens (tertiary/aromatic N) is 5. The fourth-order valence-corrected chi connectivity index (χ4v) is 3.33. The second kappa shape index (κ2) is 9.00. The predicted octanol–water partition coefficient (Wildman–Crippen LogP) is 5.43. The molecular formula is C21H15F7N6O. The summed E-state index contributed by atoms with van der Waals surface area (Å²) in [5.74, 6) is -0.857. The largest absolute Gasteiger partial charge is 0.416 e. The Hall–Kier alpha value is -3.97. The second-order valence-electron chi connectivity index (χ2n) is 7.49. The number of halogens is 7. The second-order valence-corrected chi connectivity index (χ2v) is 7.49. The van der Waals surface area contributed by atoms with Crippen LogP contribution in [0.15, 0.2) is 42.5 Å². The average molecular weight is 500 g/mol. The zero-order chi connectivity index (χ0) is 25.5. The molecular weight excluding hydrogens is 485 g/mol. The number of carbonyl (C=O) groups is 1. The zero-order valence-electron chi connectivity index (χ0n) is 17.7. The van der Waals surface area contributed by atoms with Gasteiger partial charge in [0, 0.05) is 17.8 Å². The highest BCUT2D eigenvalue weighted by Gasteiger charge is 2.30. The van der Waals surface area contributed by atoms with Crippen molar-refractivity contribution in [3.05, 3.63) is 76.4 Å². The van der Waals surface area contributed by atoms with E-state index >= 15 is 0 Å². The van der Waals surface area contributed by atoms with Crippen LogP contribution in [0.2, 0.25) is 0 Å². The van der Waals surface area contributed by atoms with Crippen molar-refractivity contribution in [3.8, 4) is 0 Å². The number of aryl methyl sites for hydroxylation is 1. The van der Waals surface area contributed by atoms with Crippen LogP contribution < -0.4 is 5.32 Å². The summed E-state index contributed by atoms with van der Waals surface area (Å²) in [5.41, 5.74) is -2.47. The summed E-state index contributed by atoms with van der Waals surface area (Å²) in [6.07, 6.45) is -10.8. The molecule has 184 valence electrons. The molecule has 3 heterocycles. The maximum atomic E-state index is 13.3. The summed E-state index contributed by atoms with van der Waals surface area (Å²) < 4.78 is 93.4. The number of aromatic nitrogens is 5. The van der Waals surface area contributed by atoms with E-state index in [2.05, 4.69) is 20.5 Å². The minimum Gasteiger partial charge on any atom is -0.304 e. The SMILES string of the molecule is Cc1cc(NC(=O)c2cc3nc(C(F)F)cc(C(F)F)n3n2)nn1Cc1cccc(C(F)(F)F)c1. The van der Waals surface area contributed by atoms with E-state index in [9.17, 15) is 35.5 Å². The minimum atomic E-state index is -4.50. The number of fused-ring (bicyclic) bond motifs is 1. The Morgan fingerprint density at radius 1 is 1.03 bits per heavy atom. The van der Waals surface area contributed by atoms with Crippen LogP contribution in [0.1, 0.15) is 51.5 Å². The molecule has 0 saturated heterocycles. The molecule has 0 radical (unpaired) electrons. The van der Waals surface area contributed by atoms with Gasteiger partial charge in [0.15, 0.2) is 17.2 Å². The van der Waals surface area contributed by atoms with Gasteiger partial charge in [-0.05, 0) is 30.7 Å². The molecule has 0 aliphatic heterocycles.